The van der Waals surface area contributed by atoms with Gasteiger partial charge < -0.3 is 10.6 Å². The van der Waals surface area contributed by atoms with Crippen molar-refractivity contribution in [2.24, 2.45) is 11.7 Å². The lowest BCUT2D eigenvalue weighted by Crippen LogP contribution is -2.37. The molecular formula is C19H28N2O. The Balaban J connectivity index is 1.78. The molecule has 2 fully saturated rings. The van der Waals surface area contributed by atoms with Gasteiger partial charge in [0, 0.05) is 12.1 Å². The van der Waals surface area contributed by atoms with Gasteiger partial charge in [0.25, 0.3) is 0 Å². The number of nitrogens with two attached hydrogens (primary N) is 1. The van der Waals surface area contributed by atoms with Crippen LogP contribution in [0, 0.1) is 5.92 Å². The largest absolute Gasteiger partial charge is 0.366 e. The van der Waals surface area contributed by atoms with Crippen molar-refractivity contribution < 1.29 is 4.79 Å². The van der Waals surface area contributed by atoms with Crippen LogP contribution in [-0.4, -0.2) is 30.4 Å². The molecule has 1 aromatic rings. The predicted octanol–water partition coefficient (Wildman–Crippen LogP) is 3.55. The summed E-state index contributed by atoms with van der Waals surface area (Å²) in [5, 5.41) is 0. The number of benzene rings is 1. The van der Waals surface area contributed by atoms with Crippen LogP contribution in [0.4, 0.5) is 0 Å². The molecular weight excluding hydrogens is 272 g/mol. The van der Waals surface area contributed by atoms with Gasteiger partial charge in [0.2, 0.25) is 5.91 Å². The van der Waals surface area contributed by atoms with E-state index in [1.165, 1.54) is 70.1 Å². The highest BCUT2D eigenvalue weighted by Crippen LogP contribution is 2.39. The molecule has 2 unspecified atom stereocenters. The third-order valence-electron chi connectivity index (χ3n) is 5.48. The summed E-state index contributed by atoms with van der Waals surface area (Å²) in [6.45, 7) is 3.69. The standard InChI is InChI=1S/C19H28N2O/c20-19(22)18-11-5-4-10-17(18)16-9-3-2-8-15(16)14-21-12-6-1-7-13-21/h4-5,10-11,15-16H,1-3,6-9,12-14H2,(H2,20,22). The molecule has 0 bridgehead atoms. The highest BCUT2D eigenvalue weighted by atomic mass is 16.1. The highest BCUT2D eigenvalue weighted by Gasteiger charge is 2.30. The Labute approximate surface area is 133 Å². The SMILES string of the molecule is NC(=O)c1ccccc1C1CCCCC1CN1CCCCC1. The van der Waals surface area contributed by atoms with Gasteiger partial charge in [0.15, 0.2) is 0 Å². The molecule has 22 heavy (non-hydrogen) atoms. The van der Waals surface area contributed by atoms with E-state index >= 15 is 0 Å². The van der Waals surface area contributed by atoms with Crippen LogP contribution >= 0.6 is 0 Å². The van der Waals surface area contributed by atoms with Gasteiger partial charge in [-0.2, -0.15) is 0 Å². The summed E-state index contributed by atoms with van der Waals surface area (Å²) in [4.78, 5) is 14.4. The first kappa shape index (κ1) is 15.5. The number of carbonyl (C=O) groups excluding carboxylic acids is 1. The van der Waals surface area contributed by atoms with Gasteiger partial charge in [-0.15, -0.1) is 0 Å². The summed E-state index contributed by atoms with van der Waals surface area (Å²) in [7, 11) is 0. The lowest BCUT2D eigenvalue weighted by molar-refractivity contribution is 0.0997. The molecule has 1 saturated heterocycles. The van der Waals surface area contributed by atoms with Crippen LogP contribution < -0.4 is 5.73 Å². The molecule has 0 radical (unpaired) electrons. The Morgan fingerprint density at radius 3 is 2.55 bits per heavy atom. The predicted molar refractivity (Wildman–Crippen MR) is 89.9 cm³/mol. The zero-order chi connectivity index (χ0) is 15.4. The summed E-state index contributed by atoms with van der Waals surface area (Å²) in [5.74, 6) is 0.893. The van der Waals surface area contributed by atoms with Gasteiger partial charge in [0.1, 0.15) is 0 Å². The van der Waals surface area contributed by atoms with Crippen molar-refractivity contribution in [2.75, 3.05) is 19.6 Å². The second-order valence-electron chi connectivity index (χ2n) is 6.96. The van der Waals surface area contributed by atoms with Gasteiger partial charge in [-0.1, -0.05) is 37.5 Å². The fraction of sp³-hybridized carbons (Fsp3) is 0.632. The van der Waals surface area contributed by atoms with E-state index in [1.54, 1.807) is 0 Å². The first-order chi connectivity index (χ1) is 10.8. The van der Waals surface area contributed by atoms with Gasteiger partial charge in [-0.25, -0.2) is 0 Å². The normalized spacial score (nSPS) is 26.7. The fourth-order valence-corrected chi connectivity index (χ4v) is 4.35. The van der Waals surface area contributed by atoms with Crippen LogP contribution in [-0.2, 0) is 0 Å². The molecule has 0 spiro atoms. The summed E-state index contributed by atoms with van der Waals surface area (Å²) >= 11 is 0. The molecule has 120 valence electrons. The Morgan fingerprint density at radius 2 is 1.77 bits per heavy atom. The zero-order valence-corrected chi connectivity index (χ0v) is 13.5. The summed E-state index contributed by atoms with van der Waals surface area (Å²) < 4.78 is 0. The molecule has 1 aromatic carbocycles. The monoisotopic (exact) mass is 300 g/mol. The minimum absolute atomic E-state index is 0.280. The average Bonchev–Trinajstić information content (AvgIpc) is 2.56. The number of rotatable bonds is 4. The fourth-order valence-electron chi connectivity index (χ4n) is 4.35. The third kappa shape index (κ3) is 3.52. The van der Waals surface area contributed by atoms with Crippen molar-refractivity contribution in [3.05, 3.63) is 35.4 Å². The van der Waals surface area contributed by atoms with E-state index in [0.29, 0.717) is 11.8 Å². The topological polar surface area (TPSA) is 46.3 Å². The van der Waals surface area contributed by atoms with E-state index in [1.807, 2.05) is 18.2 Å². The maximum Gasteiger partial charge on any atom is 0.248 e. The van der Waals surface area contributed by atoms with E-state index in [2.05, 4.69) is 11.0 Å². The molecule has 1 aliphatic carbocycles. The third-order valence-corrected chi connectivity index (χ3v) is 5.48. The van der Waals surface area contributed by atoms with Crippen molar-refractivity contribution in [1.29, 1.82) is 0 Å². The first-order valence-electron chi connectivity index (χ1n) is 8.87. The summed E-state index contributed by atoms with van der Waals surface area (Å²) in [5.41, 5.74) is 7.53. The zero-order valence-electron chi connectivity index (χ0n) is 13.5. The van der Waals surface area contributed by atoms with Crippen LogP contribution in [0.2, 0.25) is 0 Å². The number of carbonyl (C=O) groups is 1. The van der Waals surface area contributed by atoms with Crippen molar-refractivity contribution in [3.63, 3.8) is 0 Å². The van der Waals surface area contributed by atoms with E-state index < -0.39 is 0 Å². The van der Waals surface area contributed by atoms with E-state index in [0.717, 1.165) is 5.56 Å². The molecule has 2 aliphatic rings. The molecule has 2 N–H and O–H groups in total. The number of hydrogen-bond acceptors (Lipinski definition) is 2. The number of piperidine rings is 1. The van der Waals surface area contributed by atoms with Crippen molar-refractivity contribution >= 4 is 5.91 Å². The van der Waals surface area contributed by atoms with Gasteiger partial charge in [-0.05, 0) is 62.2 Å². The Bertz CT molecular complexity index is 508. The Hall–Kier alpha value is -1.35. The van der Waals surface area contributed by atoms with Crippen LogP contribution in [0.15, 0.2) is 24.3 Å². The van der Waals surface area contributed by atoms with Crippen LogP contribution in [0.25, 0.3) is 0 Å². The minimum Gasteiger partial charge on any atom is -0.366 e. The first-order valence-corrected chi connectivity index (χ1v) is 8.87. The smallest absolute Gasteiger partial charge is 0.248 e. The lowest BCUT2D eigenvalue weighted by atomic mass is 9.73. The molecule has 1 aliphatic heterocycles. The summed E-state index contributed by atoms with van der Waals surface area (Å²) in [6.07, 6.45) is 9.15. The molecule has 3 nitrogen and oxygen atoms in total. The lowest BCUT2D eigenvalue weighted by Gasteiger charge is -2.37. The number of hydrogen-bond donors (Lipinski definition) is 1. The van der Waals surface area contributed by atoms with Crippen molar-refractivity contribution in [3.8, 4) is 0 Å². The van der Waals surface area contributed by atoms with Gasteiger partial charge in [-0.3, -0.25) is 4.79 Å². The van der Waals surface area contributed by atoms with Gasteiger partial charge >= 0.3 is 0 Å². The van der Waals surface area contributed by atoms with E-state index in [4.69, 9.17) is 5.73 Å². The number of nitrogens with zero attached hydrogens (tertiary/aromatic N) is 1. The number of amides is 1. The average molecular weight is 300 g/mol. The van der Waals surface area contributed by atoms with Crippen LogP contribution in [0.3, 0.4) is 0 Å². The molecule has 0 aromatic heterocycles. The second-order valence-corrected chi connectivity index (χ2v) is 6.96. The molecule has 3 heteroatoms. The number of likely N-dealkylation sites (tertiary alicyclic amines) is 1. The maximum atomic E-state index is 11.8. The van der Waals surface area contributed by atoms with Crippen LogP contribution in [0.1, 0.15) is 66.8 Å². The minimum atomic E-state index is -0.280. The van der Waals surface area contributed by atoms with Crippen molar-refractivity contribution in [1.82, 2.24) is 4.90 Å². The van der Waals surface area contributed by atoms with E-state index in [-0.39, 0.29) is 5.91 Å². The van der Waals surface area contributed by atoms with Gasteiger partial charge in [0.05, 0.1) is 0 Å². The Morgan fingerprint density at radius 1 is 1.05 bits per heavy atom. The molecule has 3 rings (SSSR count). The highest BCUT2D eigenvalue weighted by molar-refractivity contribution is 5.94. The second kappa shape index (κ2) is 7.28. The molecule has 1 heterocycles. The number of primary amides is 1. The quantitative estimate of drug-likeness (QED) is 0.924. The molecule has 2 atom stereocenters. The van der Waals surface area contributed by atoms with E-state index in [9.17, 15) is 4.79 Å². The molecule has 1 amide bonds. The maximum absolute atomic E-state index is 11.8. The molecule has 1 saturated carbocycles. The Kier molecular flexibility index (Phi) is 5.14. The summed E-state index contributed by atoms with van der Waals surface area (Å²) in [6, 6.07) is 7.99. The van der Waals surface area contributed by atoms with Crippen molar-refractivity contribution in [2.45, 2.75) is 50.9 Å². The van der Waals surface area contributed by atoms with Crippen LogP contribution in [0.5, 0.6) is 0 Å².